The van der Waals surface area contributed by atoms with Gasteiger partial charge in [-0.25, -0.2) is 4.79 Å². The van der Waals surface area contributed by atoms with E-state index in [0.29, 0.717) is 25.6 Å². The van der Waals surface area contributed by atoms with E-state index in [2.05, 4.69) is 5.32 Å². The lowest BCUT2D eigenvalue weighted by Gasteiger charge is -2.24. The number of hydrogen-bond donors (Lipinski definition) is 1. The molecule has 0 spiro atoms. The van der Waals surface area contributed by atoms with Crippen molar-refractivity contribution < 1.29 is 23.7 Å². The predicted molar refractivity (Wildman–Crippen MR) is 88.0 cm³/mol. The highest BCUT2D eigenvalue weighted by Gasteiger charge is 2.31. The second-order valence-electron chi connectivity index (χ2n) is 5.40. The second-order valence-corrected chi connectivity index (χ2v) is 5.40. The van der Waals surface area contributed by atoms with Crippen molar-refractivity contribution in [2.75, 3.05) is 40.0 Å². The highest BCUT2D eigenvalue weighted by Crippen LogP contribution is 2.22. The molecular weight excluding hydrogens is 298 g/mol. The third-order valence-corrected chi connectivity index (χ3v) is 2.99. The van der Waals surface area contributed by atoms with Crippen LogP contribution in [0.15, 0.2) is 24.3 Å². The molecule has 1 aromatic carbocycles. The molecule has 0 aromatic heterocycles. The third-order valence-electron chi connectivity index (χ3n) is 2.99. The van der Waals surface area contributed by atoms with Gasteiger partial charge >= 0.3 is 5.97 Å². The monoisotopic (exact) mass is 325 g/mol. The molecule has 0 aliphatic rings. The molecule has 0 radical (unpaired) electrons. The molecule has 0 saturated carbocycles. The fourth-order valence-corrected chi connectivity index (χ4v) is 1.79. The fourth-order valence-electron chi connectivity index (χ4n) is 1.79. The molecule has 130 valence electrons. The van der Waals surface area contributed by atoms with Crippen molar-refractivity contribution in [3.05, 3.63) is 24.3 Å². The molecular formula is C17H27NO5. The number of nitrogens with one attached hydrogen (secondary N) is 1. The summed E-state index contributed by atoms with van der Waals surface area (Å²) in [4.78, 5) is 11.8. The topological polar surface area (TPSA) is 66.0 Å². The molecule has 1 N–H and O–H groups in total. The Kier molecular flexibility index (Phi) is 8.43. The van der Waals surface area contributed by atoms with Gasteiger partial charge in [-0.05, 0) is 45.0 Å². The maximum absolute atomic E-state index is 11.8. The summed E-state index contributed by atoms with van der Waals surface area (Å²) < 4.78 is 21.2. The van der Waals surface area contributed by atoms with Crippen molar-refractivity contribution in [1.29, 1.82) is 0 Å². The summed E-state index contributed by atoms with van der Waals surface area (Å²) in [5.74, 6) is 0.955. The van der Waals surface area contributed by atoms with Crippen LogP contribution in [0.1, 0.15) is 20.8 Å². The van der Waals surface area contributed by atoms with E-state index in [-0.39, 0.29) is 5.97 Å². The minimum Gasteiger partial charge on any atom is -0.492 e. The second kappa shape index (κ2) is 10.1. The Morgan fingerprint density at radius 1 is 1.09 bits per heavy atom. The van der Waals surface area contributed by atoms with Gasteiger partial charge in [-0.15, -0.1) is 0 Å². The standard InChI is InChI=1S/C17H27NO5/c1-5-21-16(19)17(2,3)23-15-8-6-14(7-9-15)22-13-11-18-10-12-20-4/h6-9,18H,5,10-13H2,1-4H3. The Morgan fingerprint density at radius 2 is 1.70 bits per heavy atom. The predicted octanol–water partition coefficient (Wildman–Crippen LogP) is 2.02. The molecule has 0 heterocycles. The normalized spacial score (nSPS) is 11.1. The average Bonchev–Trinajstić information content (AvgIpc) is 2.52. The van der Waals surface area contributed by atoms with Gasteiger partial charge in [0, 0.05) is 20.2 Å². The first-order valence-corrected chi connectivity index (χ1v) is 7.78. The van der Waals surface area contributed by atoms with Crippen LogP contribution in [0.4, 0.5) is 0 Å². The maximum Gasteiger partial charge on any atom is 0.349 e. The minimum absolute atomic E-state index is 0.330. The minimum atomic E-state index is -1.02. The smallest absolute Gasteiger partial charge is 0.349 e. The summed E-state index contributed by atoms with van der Waals surface area (Å²) in [6, 6.07) is 7.17. The summed E-state index contributed by atoms with van der Waals surface area (Å²) in [7, 11) is 1.67. The lowest BCUT2D eigenvalue weighted by atomic mass is 10.1. The Bertz CT molecular complexity index is 459. The lowest BCUT2D eigenvalue weighted by molar-refractivity contribution is -0.158. The molecule has 0 amide bonds. The van der Waals surface area contributed by atoms with Gasteiger partial charge < -0.3 is 24.3 Å². The van der Waals surface area contributed by atoms with E-state index >= 15 is 0 Å². The van der Waals surface area contributed by atoms with E-state index in [1.165, 1.54) is 0 Å². The van der Waals surface area contributed by atoms with Crippen molar-refractivity contribution in [2.45, 2.75) is 26.4 Å². The molecule has 1 aromatic rings. The Hall–Kier alpha value is -1.79. The quantitative estimate of drug-likeness (QED) is 0.496. The van der Waals surface area contributed by atoms with Gasteiger partial charge in [-0.2, -0.15) is 0 Å². The molecule has 0 unspecified atom stereocenters. The molecule has 0 aliphatic heterocycles. The first-order valence-electron chi connectivity index (χ1n) is 7.78. The van der Waals surface area contributed by atoms with Crippen LogP contribution < -0.4 is 14.8 Å². The number of hydrogen-bond acceptors (Lipinski definition) is 6. The molecule has 0 aliphatic carbocycles. The average molecular weight is 325 g/mol. The molecule has 6 nitrogen and oxygen atoms in total. The van der Waals surface area contributed by atoms with Crippen molar-refractivity contribution >= 4 is 5.97 Å². The van der Waals surface area contributed by atoms with Gasteiger partial charge in [-0.3, -0.25) is 0 Å². The van der Waals surface area contributed by atoms with E-state index in [1.807, 2.05) is 12.1 Å². The number of esters is 1. The number of methoxy groups -OCH3 is 1. The van der Waals surface area contributed by atoms with Crippen molar-refractivity contribution in [3.63, 3.8) is 0 Å². The van der Waals surface area contributed by atoms with Crippen LogP contribution in [0.3, 0.4) is 0 Å². The van der Waals surface area contributed by atoms with Crippen LogP contribution in [-0.2, 0) is 14.3 Å². The zero-order chi connectivity index (χ0) is 17.1. The Balaban J connectivity index is 2.39. The van der Waals surface area contributed by atoms with E-state index in [4.69, 9.17) is 18.9 Å². The summed E-state index contributed by atoms with van der Waals surface area (Å²) in [6.07, 6.45) is 0. The van der Waals surface area contributed by atoms with Crippen molar-refractivity contribution in [2.24, 2.45) is 0 Å². The number of ether oxygens (including phenoxy) is 4. The van der Waals surface area contributed by atoms with Gasteiger partial charge in [0.1, 0.15) is 18.1 Å². The summed E-state index contributed by atoms with van der Waals surface area (Å²) >= 11 is 0. The summed E-state index contributed by atoms with van der Waals surface area (Å²) in [5, 5.41) is 3.20. The summed E-state index contributed by atoms with van der Waals surface area (Å²) in [5.41, 5.74) is -1.02. The molecule has 1 rings (SSSR count). The van der Waals surface area contributed by atoms with Crippen LogP contribution >= 0.6 is 0 Å². The Morgan fingerprint density at radius 3 is 2.30 bits per heavy atom. The highest BCUT2D eigenvalue weighted by molar-refractivity contribution is 5.79. The van der Waals surface area contributed by atoms with Gasteiger partial charge in [-0.1, -0.05) is 0 Å². The number of benzene rings is 1. The van der Waals surface area contributed by atoms with E-state index in [0.717, 1.165) is 18.8 Å². The van der Waals surface area contributed by atoms with Crippen LogP contribution in [-0.4, -0.2) is 51.6 Å². The van der Waals surface area contributed by atoms with Crippen LogP contribution in [0.2, 0.25) is 0 Å². The van der Waals surface area contributed by atoms with Gasteiger partial charge in [0.25, 0.3) is 0 Å². The Labute approximate surface area is 138 Å². The lowest BCUT2D eigenvalue weighted by Crippen LogP contribution is -2.39. The van der Waals surface area contributed by atoms with E-state index in [1.54, 1.807) is 40.0 Å². The molecule has 0 bridgehead atoms. The SMILES string of the molecule is CCOC(=O)C(C)(C)Oc1ccc(OCCNCCOC)cc1. The number of carbonyl (C=O) groups excluding carboxylic acids is 1. The fraction of sp³-hybridized carbons (Fsp3) is 0.588. The van der Waals surface area contributed by atoms with E-state index < -0.39 is 5.60 Å². The van der Waals surface area contributed by atoms with Crippen LogP contribution in [0, 0.1) is 0 Å². The largest absolute Gasteiger partial charge is 0.492 e. The van der Waals surface area contributed by atoms with Crippen molar-refractivity contribution in [3.8, 4) is 11.5 Å². The van der Waals surface area contributed by atoms with Crippen LogP contribution in [0.25, 0.3) is 0 Å². The number of rotatable bonds is 11. The van der Waals surface area contributed by atoms with Crippen LogP contribution in [0.5, 0.6) is 11.5 Å². The van der Waals surface area contributed by atoms with Gasteiger partial charge in [0.05, 0.1) is 13.2 Å². The zero-order valence-corrected chi connectivity index (χ0v) is 14.4. The number of carbonyl (C=O) groups is 1. The van der Waals surface area contributed by atoms with Gasteiger partial charge in [0.2, 0.25) is 0 Å². The molecule has 0 atom stereocenters. The van der Waals surface area contributed by atoms with Crippen molar-refractivity contribution in [1.82, 2.24) is 5.32 Å². The molecule has 6 heteroatoms. The summed E-state index contributed by atoms with van der Waals surface area (Å²) in [6.45, 7) is 8.26. The maximum atomic E-state index is 11.8. The first kappa shape index (κ1) is 19.3. The molecule has 0 fully saturated rings. The molecule has 23 heavy (non-hydrogen) atoms. The van der Waals surface area contributed by atoms with Gasteiger partial charge in [0.15, 0.2) is 5.60 Å². The van der Waals surface area contributed by atoms with E-state index in [9.17, 15) is 4.79 Å². The zero-order valence-electron chi connectivity index (χ0n) is 14.4. The molecule has 0 saturated heterocycles. The first-order chi connectivity index (χ1) is 11.0. The highest BCUT2D eigenvalue weighted by atomic mass is 16.6. The third kappa shape index (κ3) is 7.34.